The zero-order valence-corrected chi connectivity index (χ0v) is 13.5. The zero-order valence-electron chi connectivity index (χ0n) is 10.6. The molecule has 1 aliphatic rings. The summed E-state index contributed by atoms with van der Waals surface area (Å²) in [4.78, 5) is 0. The number of halogens is 2. The van der Waals surface area contributed by atoms with Gasteiger partial charge in [0.05, 0.1) is 0 Å². The van der Waals surface area contributed by atoms with Crippen LogP contribution in [-0.4, -0.2) is 6.04 Å². The number of anilines is 1. The summed E-state index contributed by atoms with van der Waals surface area (Å²) in [7, 11) is 0. The predicted octanol–water partition coefficient (Wildman–Crippen LogP) is 5.18. The average molecular weight is 364 g/mol. The Bertz CT molecular complexity index is 417. The van der Waals surface area contributed by atoms with Crippen molar-refractivity contribution in [3.05, 3.63) is 26.8 Å². The number of nitrogens with one attached hydrogen (secondary N) is 1. The van der Waals surface area contributed by atoms with E-state index in [2.05, 4.69) is 54.7 Å². The minimum absolute atomic E-state index is 0.467. The molecular weight excluding hydrogens is 345 g/mol. The van der Waals surface area contributed by atoms with Crippen molar-refractivity contribution >= 4 is 39.9 Å². The van der Waals surface area contributed by atoms with Gasteiger partial charge < -0.3 is 5.32 Å². The second-order valence-corrected chi connectivity index (χ2v) is 7.52. The van der Waals surface area contributed by atoms with Crippen molar-refractivity contribution < 1.29 is 0 Å². The number of rotatable bonds is 2. The van der Waals surface area contributed by atoms with Crippen LogP contribution in [-0.2, 0) is 0 Å². The molecule has 1 aromatic rings. The number of hydrogen-bond acceptors (Lipinski definition) is 1. The number of benzene rings is 1. The summed E-state index contributed by atoms with van der Waals surface area (Å²) in [5.41, 5.74) is 1.68. The van der Waals surface area contributed by atoms with E-state index in [-0.39, 0.29) is 0 Å². The first-order chi connectivity index (χ1) is 7.87. The van der Waals surface area contributed by atoms with Crippen molar-refractivity contribution in [3.63, 3.8) is 0 Å². The molecule has 0 saturated heterocycles. The molecule has 2 unspecified atom stereocenters. The first-order valence-corrected chi connectivity index (χ1v) is 7.55. The van der Waals surface area contributed by atoms with Gasteiger partial charge in [0.2, 0.25) is 0 Å². The van der Waals surface area contributed by atoms with Gasteiger partial charge >= 0.3 is 0 Å². The van der Waals surface area contributed by atoms with E-state index in [9.17, 15) is 0 Å². The molecule has 2 rings (SSSR count). The Balaban J connectivity index is 2.11. The standard InChI is InChI=1S/C14H19ClIN/c1-9-7-14(2,3)8-13(9)17-12-5-4-10(15)6-11(12)16/h4-6,9,13,17H,7-8H2,1-3H3. The topological polar surface area (TPSA) is 12.0 Å². The molecule has 17 heavy (non-hydrogen) atoms. The van der Waals surface area contributed by atoms with Crippen LogP contribution in [0.1, 0.15) is 33.6 Å². The molecule has 2 atom stereocenters. The highest BCUT2D eigenvalue weighted by Gasteiger charge is 2.36. The fourth-order valence-corrected chi connectivity index (χ4v) is 3.92. The Morgan fingerprint density at radius 1 is 1.35 bits per heavy atom. The molecule has 1 N–H and O–H groups in total. The normalized spacial score (nSPS) is 27.1. The Labute approximate surface area is 122 Å². The van der Waals surface area contributed by atoms with Gasteiger partial charge in [0.1, 0.15) is 0 Å². The van der Waals surface area contributed by atoms with E-state index in [1.807, 2.05) is 12.1 Å². The van der Waals surface area contributed by atoms with E-state index in [4.69, 9.17) is 11.6 Å². The summed E-state index contributed by atoms with van der Waals surface area (Å²) in [6.07, 6.45) is 2.54. The SMILES string of the molecule is CC1CC(C)(C)CC1Nc1ccc(Cl)cc1I. The van der Waals surface area contributed by atoms with Crippen molar-refractivity contribution in [2.45, 2.75) is 39.7 Å². The average Bonchev–Trinajstić information content (AvgIpc) is 2.44. The first kappa shape index (κ1) is 13.5. The van der Waals surface area contributed by atoms with Crippen LogP contribution in [0, 0.1) is 14.9 Å². The van der Waals surface area contributed by atoms with Gasteiger partial charge in [-0.25, -0.2) is 0 Å². The summed E-state index contributed by atoms with van der Waals surface area (Å²) in [5.74, 6) is 0.733. The molecule has 1 aromatic carbocycles. The molecule has 94 valence electrons. The lowest BCUT2D eigenvalue weighted by Crippen LogP contribution is -2.23. The molecule has 1 aliphatic carbocycles. The quantitative estimate of drug-likeness (QED) is 0.714. The van der Waals surface area contributed by atoms with Crippen molar-refractivity contribution in [2.24, 2.45) is 11.3 Å². The van der Waals surface area contributed by atoms with Crippen LogP contribution >= 0.6 is 34.2 Å². The molecule has 0 bridgehead atoms. The van der Waals surface area contributed by atoms with Crippen LogP contribution in [0.4, 0.5) is 5.69 Å². The van der Waals surface area contributed by atoms with E-state index < -0.39 is 0 Å². The molecule has 1 nitrogen and oxygen atoms in total. The summed E-state index contributed by atoms with van der Waals surface area (Å²) >= 11 is 8.32. The molecule has 0 heterocycles. The molecule has 0 spiro atoms. The van der Waals surface area contributed by atoms with Gasteiger partial charge in [-0.2, -0.15) is 0 Å². The summed E-state index contributed by atoms with van der Waals surface area (Å²) in [6.45, 7) is 7.06. The maximum atomic E-state index is 5.97. The van der Waals surface area contributed by atoms with E-state index in [1.54, 1.807) is 0 Å². The second kappa shape index (κ2) is 4.96. The van der Waals surface area contributed by atoms with E-state index >= 15 is 0 Å². The number of hydrogen-bond donors (Lipinski definition) is 1. The van der Waals surface area contributed by atoms with Crippen LogP contribution in [0.25, 0.3) is 0 Å². The van der Waals surface area contributed by atoms with Gasteiger partial charge in [-0.1, -0.05) is 32.4 Å². The molecule has 1 fully saturated rings. The predicted molar refractivity (Wildman–Crippen MR) is 83.8 cm³/mol. The molecular formula is C14H19ClIN. The highest BCUT2D eigenvalue weighted by Crippen LogP contribution is 2.42. The highest BCUT2D eigenvalue weighted by molar-refractivity contribution is 14.1. The van der Waals surface area contributed by atoms with Crippen LogP contribution in [0.15, 0.2) is 18.2 Å². The third-order valence-electron chi connectivity index (χ3n) is 3.61. The van der Waals surface area contributed by atoms with Crippen molar-refractivity contribution in [3.8, 4) is 0 Å². The summed E-state index contributed by atoms with van der Waals surface area (Å²) in [6, 6.07) is 6.63. The molecule has 0 aliphatic heterocycles. The van der Waals surface area contributed by atoms with E-state index in [1.165, 1.54) is 22.1 Å². The lowest BCUT2D eigenvalue weighted by molar-refractivity contribution is 0.366. The highest BCUT2D eigenvalue weighted by atomic mass is 127. The van der Waals surface area contributed by atoms with E-state index in [0.29, 0.717) is 11.5 Å². The van der Waals surface area contributed by atoms with Crippen molar-refractivity contribution in [2.75, 3.05) is 5.32 Å². The van der Waals surface area contributed by atoms with Gasteiger partial charge in [-0.15, -0.1) is 0 Å². The largest absolute Gasteiger partial charge is 0.381 e. The first-order valence-electron chi connectivity index (χ1n) is 6.09. The minimum Gasteiger partial charge on any atom is -0.381 e. The molecule has 1 saturated carbocycles. The Hall–Kier alpha value is 0.0400. The fraction of sp³-hybridized carbons (Fsp3) is 0.571. The monoisotopic (exact) mass is 363 g/mol. The van der Waals surface area contributed by atoms with Crippen LogP contribution in [0.5, 0.6) is 0 Å². The van der Waals surface area contributed by atoms with Crippen molar-refractivity contribution in [1.29, 1.82) is 0 Å². The van der Waals surface area contributed by atoms with Gasteiger partial charge in [0, 0.05) is 20.3 Å². The molecule has 0 aromatic heterocycles. The summed E-state index contributed by atoms with van der Waals surface area (Å²) in [5, 5.41) is 4.48. The molecule has 0 amide bonds. The Kier molecular flexibility index (Phi) is 3.93. The maximum absolute atomic E-state index is 5.97. The molecule has 0 radical (unpaired) electrons. The van der Waals surface area contributed by atoms with Gasteiger partial charge in [-0.05, 0) is 65.0 Å². The maximum Gasteiger partial charge on any atom is 0.0479 e. The Morgan fingerprint density at radius 3 is 2.59 bits per heavy atom. The van der Waals surface area contributed by atoms with E-state index in [0.717, 1.165) is 10.9 Å². The van der Waals surface area contributed by atoms with Gasteiger partial charge in [-0.3, -0.25) is 0 Å². The summed E-state index contributed by atoms with van der Waals surface area (Å²) < 4.78 is 1.20. The third kappa shape index (κ3) is 3.28. The lowest BCUT2D eigenvalue weighted by Gasteiger charge is -2.20. The smallest absolute Gasteiger partial charge is 0.0479 e. The van der Waals surface area contributed by atoms with Crippen LogP contribution in [0.2, 0.25) is 5.02 Å². The van der Waals surface area contributed by atoms with Gasteiger partial charge in [0.15, 0.2) is 0 Å². The second-order valence-electron chi connectivity index (χ2n) is 5.92. The van der Waals surface area contributed by atoms with Gasteiger partial charge in [0.25, 0.3) is 0 Å². The van der Waals surface area contributed by atoms with Crippen LogP contribution in [0.3, 0.4) is 0 Å². The third-order valence-corrected chi connectivity index (χ3v) is 4.73. The minimum atomic E-state index is 0.467. The molecule has 3 heteroatoms. The zero-order chi connectivity index (χ0) is 12.6. The Morgan fingerprint density at radius 2 is 2.06 bits per heavy atom. The van der Waals surface area contributed by atoms with Crippen molar-refractivity contribution in [1.82, 2.24) is 0 Å². The lowest BCUT2D eigenvalue weighted by atomic mass is 9.91. The fourth-order valence-electron chi connectivity index (χ4n) is 2.89. The van der Waals surface area contributed by atoms with Crippen LogP contribution < -0.4 is 5.32 Å².